The molecule has 6 heterocycles. The third kappa shape index (κ3) is 8.70. The number of nitrogens with zero attached hydrogens (tertiary/aromatic N) is 6. The average Bonchev–Trinajstić information content (AvgIpc) is 4.07. The maximum atomic E-state index is 4.53. The number of nitrogens with one attached hydrogen (secondary N) is 6. The molecule has 6 aromatic carbocycles. The monoisotopic (exact) mass is 866 g/mol. The Morgan fingerprint density at radius 2 is 0.373 bits per heavy atom. The normalized spacial score (nSPS) is 10.4. The van der Waals surface area contributed by atoms with Crippen LogP contribution in [-0.4, -0.2) is 70.8 Å². The number of fused-ring (bicyclic) bond motifs is 6. The molecule has 298 valence electrons. The van der Waals surface area contributed by atoms with E-state index in [9.17, 15) is 0 Å². The van der Waals surface area contributed by atoms with Gasteiger partial charge >= 0.3 is 16.5 Å². The second-order valence-electron chi connectivity index (χ2n) is 12.6. The van der Waals surface area contributed by atoms with Gasteiger partial charge in [0.1, 0.15) is 0 Å². The number of aromatic amines is 6. The van der Waals surface area contributed by atoms with Gasteiger partial charge in [0.05, 0.1) is 66.2 Å². The molecular weight excluding hydrogens is 834 g/mol. The summed E-state index contributed by atoms with van der Waals surface area (Å²) < 4.78 is 0. The number of hydrogen-bond acceptors (Lipinski definition) is 6. The molecule has 10 N–H and O–H groups in total. The van der Waals surface area contributed by atoms with Crippen molar-refractivity contribution in [2.45, 2.75) is 0 Å². The first-order valence-electron chi connectivity index (χ1n) is 17.4. The average molecular weight is 868 g/mol. The number of rotatable bonds is 3. The van der Waals surface area contributed by atoms with Gasteiger partial charge < -0.3 is 65.7 Å². The van der Waals surface area contributed by atoms with Crippen LogP contribution in [0.2, 0.25) is 0 Å². The summed E-state index contributed by atoms with van der Waals surface area (Å²) in [5.41, 5.74) is 11.8. The number of imidazole rings is 6. The van der Waals surface area contributed by atoms with Crippen LogP contribution in [-0.2, 0) is 16.5 Å². The van der Waals surface area contributed by atoms with E-state index < -0.39 is 0 Å². The molecule has 0 bridgehead atoms. The summed E-state index contributed by atoms with van der Waals surface area (Å²) in [4.78, 5) is 46.8. The third-order valence-corrected chi connectivity index (χ3v) is 9.01. The molecule has 0 saturated carbocycles. The van der Waals surface area contributed by atoms with E-state index in [1.165, 1.54) is 0 Å². The van der Waals surface area contributed by atoms with Crippen molar-refractivity contribution in [3.05, 3.63) is 146 Å². The molecule has 17 heteroatoms. The van der Waals surface area contributed by atoms with Gasteiger partial charge in [-0.25, -0.2) is 29.9 Å². The standard InChI is InChI=1S/3C14H10N4.2ClH.Ni.2H2O/c3*1-2-6-10-9(5-1)15-13(16-10)14-17-11-7-3-4-8-12(11)18-14;;;;;/h3*1-8H,(H,15,16)(H,17,18);2*1H;;2*1H2/q;;;;;+2;;/p-2. The molecule has 14 nitrogen and oxygen atoms in total. The Labute approximate surface area is 357 Å². The molecule has 0 aliphatic heterocycles. The Morgan fingerprint density at radius 3 is 0.508 bits per heavy atom. The molecule has 0 unspecified atom stereocenters. The number of aromatic nitrogens is 12. The molecule has 12 rings (SSSR count). The molecule has 0 spiro atoms. The van der Waals surface area contributed by atoms with Crippen molar-refractivity contribution in [1.29, 1.82) is 0 Å². The van der Waals surface area contributed by atoms with Crippen molar-refractivity contribution in [3.63, 3.8) is 0 Å². The zero-order valence-electron chi connectivity index (χ0n) is 30.6. The third-order valence-electron chi connectivity index (χ3n) is 9.01. The molecule has 0 amide bonds. The minimum atomic E-state index is 0. The molecule has 0 fully saturated rings. The number of para-hydroxylation sites is 12. The summed E-state index contributed by atoms with van der Waals surface area (Å²) in [7, 11) is 0. The number of hydrogen-bond donors (Lipinski definition) is 6. The van der Waals surface area contributed by atoms with Crippen molar-refractivity contribution in [1.82, 2.24) is 59.8 Å². The van der Waals surface area contributed by atoms with Gasteiger partial charge in [-0.3, -0.25) is 0 Å². The van der Waals surface area contributed by atoms with Crippen LogP contribution in [0.1, 0.15) is 0 Å². The van der Waals surface area contributed by atoms with E-state index >= 15 is 0 Å². The molecule has 0 saturated heterocycles. The van der Waals surface area contributed by atoms with E-state index in [0.29, 0.717) is 0 Å². The van der Waals surface area contributed by atoms with Gasteiger partial charge in [-0.05, 0) is 72.8 Å². The molecule has 0 aliphatic rings. The van der Waals surface area contributed by atoms with Gasteiger partial charge in [-0.15, -0.1) is 0 Å². The molecule has 59 heavy (non-hydrogen) atoms. The van der Waals surface area contributed by atoms with Crippen LogP contribution in [0.5, 0.6) is 0 Å². The molecular formula is C42H34Cl2N12NiO2. The van der Waals surface area contributed by atoms with E-state index in [1.807, 2.05) is 146 Å². The van der Waals surface area contributed by atoms with Gasteiger partial charge in [-0.2, -0.15) is 0 Å². The quantitative estimate of drug-likeness (QED) is 0.145. The van der Waals surface area contributed by atoms with E-state index in [-0.39, 0.29) is 52.3 Å². The fourth-order valence-corrected chi connectivity index (χ4v) is 6.39. The molecule has 6 aromatic heterocycles. The van der Waals surface area contributed by atoms with E-state index in [4.69, 9.17) is 0 Å². The summed E-state index contributed by atoms with van der Waals surface area (Å²) in [5.74, 6) is 4.62. The van der Waals surface area contributed by atoms with E-state index in [2.05, 4.69) is 59.8 Å². The van der Waals surface area contributed by atoms with Crippen LogP contribution in [0.3, 0.4) is 0 Å². The molecule has 0 aliphatic carbocycles. The SMILES string of the molecule is O.O.[Cl-].[Cl-].[Ni+2].c1ccc2[nH]c(-c3nc4ccccc4[nH]3)nc2c1.c1ccc2[nH]c(-c3nc4ccccc4[nH]3)nc2c1.c1ccc2[nH]c(-c3nc4ccccc4[nH]3)nc2c1. The second-order valence-corrected chi connectivity index (χ2v) is 12.6. The first-order valence-corrected chi connectivity index (χ1v) is 17.4. The van der Waals surface area contributed by atoms with Gasteiger partial charge in [0.15, 0.2) is 34.9 Å². The predicted molar refractivity (Wildman–Crippen MR) is 221 cm³/mol. The van der Waals surface area contributed by atoms with Crippen LogP contribution < -0.4 is 24.8 Å². The summed E-state index contributed by atoms with van der Waals surface area (Å²) in [6.07, 6.45) is 0. The Hall–Kier alpha value is -6.87. The van der Waals surface area contributed by atoms with Crippen LogP contribution in [0.25, 0.3) is 101 Å². The zero-order valence-corrected chi connectivity index (χ0v) is 33.1. The summed E-state index contributed by atoms with van der Waals surface area (Å²) >= 11 is 0. The molecule has 12 aromatic rings. The smallest absolute Gasteiger partial charge is 1.00 e. The van der Waals surface area contributed by atoms with Gasteiger partial charge in [-0.1, -0.05) is 72.8 Å². The van der Waals surface area contributed by atoms with Gasteiger partial charge in [0, 0.05) is 0 Å². The predicted octanol–water partition coefficient (Wildman–Crippen LogP) is 1.67. The van der Waals surface area contributed by atoms with Crippen molar-refractivity contribution in [2.24, 2.45) is 0 Å². The summed E-state index contributed by atoms with van der Waals surface area (Å²) in [5, 5.41) is 0. The largest absolute Gasteiger partial charge is 2.00 e. The molecule has 0 atom stereocenters. The van der Waals surface area contributed by atoms with Crippen molar-refractivity contribution >= 4 is 66.2 Å². The second kappa shape index (κ2) is 18.6. The summed E-state index contributed by atoms with van der Waals surface area (Å²) in [6, 6.07) is 47.8. The van der Waals surface area contributed by atoms with Crippen LogP contribution in [0.15, 0.2) is 146 Å². The fourth-order valence-electron chi connectivity index (χ4n) is 6.39. The van der Waals surface area contributed by atoms with Crippen LogP contribution >= 0.6 is 0 Å². The van der Waals surface area contributed by atoms with Crippen molar-refractivity contribution in [3.8, 4) is 34.9 Å². The Morgan fingerprint density at radius 1 is 0.237 bits per heavy atom. The van der Waals surface area contributed by atoms with Crippen LogP contribution in [0, 0.1) is 0 Å². The van der Waals surface area contributed by atoms with Gasteiger partial charge in [0.25, 0.3) is 0 Å². The zero-order chi connectivity index (χ0) is 35.8. The minimum absolute atomic E-state index is 0. The first-order chi connectivity index (χ1) is 26.7. The topological polar surface area (TPSA) is 235 Å². The molecule has 0 radical (unpaired) electrons. The van der Waals surface area contributed by atoms with E-state index in [0.717, 1.165) is 101 Å². The fraction of sp³-hybridized carbons (Fsp3) is 0. The van der Waals surface area contributed by atoms with Crippen molar-refractivity contribution in [2.75, 3.05) is 0 Å². The summed E-state index contributed by atoms with van der Waals surface area (Å²) in [6.45, 7) is 0. The van der Waals surface area contributed by atoms with Crippen LogP contribution in [0.4, 0.5) is 0 Å². The number of benzene rings is 6. The minimum Gasteiger partial charge on any atom is -1.00 e. The first kappa shape index (κ1) is 43.3. The number of H-pyrrole nitrogens is 6. The Bertz CT molecular complexity index is 2480. The van der Waals surface area contributed by atoms with E-state index in [1.54, 1.807) is 0 Å². The Balaban J connectivity index is 0.000000161. The number of halogens is 2. The maximum absolute atomic E-state index is 4.53. The maximum Gasteiger partial charge on any atom is 2.00 e. The van der Waals surface area contributed by atoms with Gasteiger partial charge in [0.2, 0.25) is 0 Å². The van der Waals surface area contributed by atoms with Crippen molar-refractivity contribution < 1.29 is 52.3 Å². The Kier molecular flexibility index (Phi) is 13.6.